The van der Waals surface area contributed by atoms with Crippen LogP contribution in [0.25, 0.3) is 11.1 Å². The van der Waals surface area contributed by atoms with Crippen molar-refractivity contribution >= 4 is 11.6 Å². The molecule has 88 valence electrons. The first-order valence-electron chi connectivity index (χ1n) is 5.22. The van der Waals surface area contributed by atoms with Crippen molar-refractivity contribution in [2.24, 2.45) is 0 Å². The Labute approximate surface area is 105 Å². The van der Waals surface area contributed by atoms with Gasteiger partial charge in [0.15, 0.2) is 0 Å². The van der Waals surface area contributed by atoms with Crippen LogP contribution in [0.15, 0.2) is 36.4 Å². The van der Waals surface area contributed by atoms with E-state index in [-0.39, 0.29) is 5.82 Å². The Morgan fingerprint density at radius 1 is 1.18 bits per heavy atom. The summed E-state index contributed by atoms with van der Waals surface area (Å²) in [6, 6.07) is 10.0. The number of halogens is 2. The minimum Gasteiger partial charge on any atom is -0.496 e. The highest BCUT2D eigenvalue weighted by Crippen LogP contribution is 2.37. The quantitative estimate of drug-likeness (QED) is 0.765. The fraction of sp³-hybridized carbons (Fsp3) is 0.143. The van der Waals surface area contributed by atoms with Crippen LogP contribution in [0.5, 0.6) is 5.75 Å². The van der Waals surface area contributed by atoms with Crippen LogP contribution in [-0.2, 0) is 0 Å². The molecule has 0 spiro atoms. The van der Waals surface area contributed by atoms with E-state index in [0.29, 0.717) is 16.3 Å². The summed E-state index contributed by atoms with van der Waals surface area (Å²) in [5, 5.41) is 0.592. The maximum atomic E-state index is 13.3. The van der Waals surface area contributed by atoms with E-state index in [9.17, 15) is 4.39 Å². The van der Waals surface area contributed by atoms with Gasteiger partial charge < -0.3 is 4.74 Å². The normalized spacial score (nSPS) is 10.4. The largest absolute Gasteiger partial charge is 0.496 e. The molecule has 0 radical (unpaired) electrons. The SMILES string of the molecule is COc1ccc(F)cc1-c1c(C)cccc1Cl. The molecule has 0 amide bonds. The van der Waals surface area contributed by atoms with Crippen LogP contribution in [0, 0.1) is 12.7 Å². The zero-order valence-electron chi connectivity index (χ0n) is 9.63. The van der Waals surface area contributed by atoms with E-state index in [1.807, 2.05) is 19.1 Å². The number of rotatable bonds is 2. The van der Waals surface area contributed by atoms with Gasteiger partial charge in [-0.05, 0) is 36.8 Å². The van der Waals surface area contributed by atoms with Gasteiger partial charge in [-0.15, -0.1) is 0 Å². The van der Waals surface area contributed by atoms with Crippen molar-refractivity contribution < 1.29 is 9.13 Å². The van der Waals surface area contributed by atoms with Crippen LogP contribution in [0.2, 0.25) is 5.02 Å². The molecule has 0 saturated heterocycles. The summed E-state index contributed by atoms with van der Waals surface area (Å²) in [7, 11) is 1.56. The molecule has 2 aromatic rings. The van der Waals surface area contributed by atoms with E-state index in [4.69, 9.17) is 16.3 Å². The Hall–Kier alpha value is -1.54. The average Bonchev–Trinajstić information content (AvgIpc) is 2.29. The highest BCUT2D eigenvalue weighted by atomic mass is 35.5. The van der Waals surface area contributed by atoms with Crippen molar-refractivity contribution in [2.45, 2.75) is 6.92 Å². The van der Waals surface area contributed by atoms with Gasteiger partial charge in [-0.3, -0.25) is 0 Å². The lowest BCUT2D eigenvalue weighted by molar-refractivity contribution is 0.415. The summed E-state index contributed by atoms with van der Waals surface area (Å²) in [6.45, 7) is 1.94. The second kappa shape index (κ2) is 4.76. The van der Waals surface area contributed by atoms with Gasteiger partial charge in [-0.2, -0.15) is 0 Å². The van der Waals surface area contributed by atoms with Gasteiger partial charge in [0, 0.05) is 16.1 Å². The molecule has 0 aliphatic carbocycles. The average molecular weight is 251 g/mol. The molecule has 2 aromatic carbocycles. The third kappa shape index (κ3) is 2.27. The van der Waals surface area contributed by atoms with Crippen LogP contribution >= 0.6 is 11.6 Å². The lowest BCUT2D eigenvalue weighted by Gasteiger charge is -2.12. The smallest absolute Gasteiger partial charge is 0.126 e. The molecule has 0 unspecified atom stereocenters. The minimum absolute atomic E-state index is 0.305. The molecule has 3 heteroatoms. The molecule has 0 fully saturated rings. The Morgan fingerprint density at radius 3 is 2.59 bits per heavy atom. The van der Waals surface area contributed by atoms with E-state index in [2.05, 4.69) is 0 Å². The molecule has 2 rings (SSSR count). The Morgan fingerprint density at radius 2 is 1.94 bits per heavy atom. The Balaban J connectivity index is 2.71. The first-order chi connectivity index (χ1) is 8.13. The van der Waals surface area contributed by atoms with E-state index in [1.54, 1.807) is 19.2 Å². The summed E-state index contributed by atoms with van der Waals surface area (Å²) < 4.78 is 18.6. The molecule has 1 nitrogen and oxygen atoms in total. The summed E-state index contributed by atoms with van der Waals surface area (Å²) >= 11 is 6.17. The van der Waals surface area contributed by atoms with Crippen LogP contribution in [-0.4, -0.2) is 7.11 Å². The van der Waals surface area contributed by atoms with Crippen molar-refractivity contribution in [2.75, 3.05) is 7.11 Å². The van der Waals surface area contributed by atoms with Crippen LogP contribution in [0.1, 0.15) is 5.56 Å². The molecule has 0 aliphatic heterocycles. The summed E-state index contributed by atoms with van der Waals surface area (Å²) in [5.41, 5.74) is 2.47. The predicted molar refractivity (Wildman–Crippen MR) is 68.1 cm³/mol. The fourth-order valence-corrected chi connectivity index (χ4v) is 2.17. The van der Waals surface area contributed by atoms with Crippen molar-refractivity contribution in [3.05, 3.63) is 52.8 Å². The number of methoxy groups -OCH3 is 1. The zero-order chi connectivity index (χ0) is 12.4. The zero-order valence-corrected chi connectivity index (χ0v) is 10.4. The highest BCUT2D eigenvalue weighted by Gasteiger charge is 2.12. The number of benzene rings is 2. The summed E-state index contributed by atoms with van der Waals surface area (Å²) in [6.07, 6.45) is 0. The maximum Gasteiger partial charge on any atom is 0.126 e. The monoisotopic (exact) mass is 250 g/mol. The molecule has 0 aliphatic rings. The first kappa shape index (κ1) is 11.9. The summed E-state index contributed by atoms with van der Waals surface area (Å²) in [5.74, 6) is 0.308. The number of ether oxygens (including phenoxy) is 1. The van der Waals surface area contributed by atoms with Gasteiger partial charge in [-0.25, -0.2) is 4.39 Å². The molecule has 0 N–H and O–H groups in total. The lowest BCUT2D eigenvalue weighted by Crippen LogP contribution is -1.92. The van der Waals surface area contributed by atoms with E-state index in [0.717, 1.165) is 11.1 Å². The van der Waals surface area contributed by atoms with Crippen LogP contribution in [0.4, 0.5) is 4.39 Å². The minimum atomic E-state index is -0.305. The number of hydrogen-bond acceptors (Lipinski definition) is 1. The molecule has 17 heavy (non-hydrogen) atoms. The van der Waals surface area contributed by atoms with Gasteiger partial charge >= 0.3 is 0 Å². The molecule has 0 aromatic heterocycles. The fourth-order valence-electron chi connectivity index (χ4n) is 1.85. The van der Waals surface area contributed by atoms with Gasteiger partial charge in [0.1, 0.15) is 11.6 Å². The van der Waals surface area contributed by atoms with Gasteiger partial charge in [0.2, 0.25) is 0 Å². The standard InChI is InChI=1S/C14H12ClFO/c1-9-4-3-5-12(15)14(9)11-8-10(16)6-7-13(11)17-2/h3-8H,1-2H3. The van der Waals surface area contributed by atoms with Crippen molar-refractivity contribution in [1.82, 2.24) is 0 Å². The van der Waals surface area contributed by atoms with Gasteiger partial charge in [0.25, 0.3) is 0 Å². The van der Waals surface area contributed by atoms with Crippen molar-refractivity contribution in [3.8, 4) is 16.9 Å². The van der Waals surface area contributed by atoms with Crippen LogP contribution < -0.4 is 4.74 Å². The van der Waals surface area contributed by atoms with E-state index < -0.39 is 0 Å². The van der Waals surface area contributed by atoms with E-state index >= 15 is 0 Å². The summed E-state index contributed by atoms with van der Waals surface area (Å²) in [4.78, 5) is 0. The molecule has 0 atom stereocenters. The molecule has 0 heterocycles. The third-order valence-electron chi connectivity index (χ3n) is 2.65. The Kier molecular flexibility index (Phi) is 3.34. The lowest BCUT2D eigenvalue weighted by atomic mass is 9.99. The van der Waals surface area contributed by atoms with Crippen molar-refractivity contribution in [3.63, 3.8) is 0 Å². The van der Waals surface area contributed by atoms with Crippen molar-refractivity contribution in [1.29, 1.82) is 0 Å². The third-order valence-corrected chi connectivity index (χ3v) is 2.97. The first-order valence-corrected chi connectivity index (χ1v) is 5.60. The van der Waals surface area contributed by atoms with E-state index in [1.165, 1.54) is 12.1 Å². The topological polar surface area (TPSA) is 9.23 Å². The molecular weight excluding hydrogens is 239 g/mol. The molecule has 0 bridgehead atoms. The van der Waals surface area contributed by atoms with Gasteiger partial charge in [0.05, 0.1) is 7.11 Å². The number of aryl methyl sites for hydroxylation is 1. The number of hydrogen-bond donors (Lipinski definition) is 0. The Bertz CT molecular complexity index is 532. The second-order valence-electron chi connectivity index (χ2n) is 3.78. The second-order valence-corrected chi connectivity index (χ2v) is 4.18. The maximum absolute atomic E-state index is 13.3. The van der Waals surface area contributed by atoms with Crippen LogP contribution in [0.3, 0.4) is 0 Å². The molecular formula is C14H12ClFO. The highest BCUT2D eigenvalue weighted by molar-refractivity contribution is 6.33. The predicted octanol–water partition coefficient (Wildman–Crippen LogP) is 4.46. The van der Waals surface area contributed by atoms with Gasteiger partial charge in [-0.1, -0.05) is 23.7 Å². The molecule has 0 saturated carbocycles.